The van der Waals surface area contributed by atoms with Gasteiger partial charge >= 0.3 is 0 Å². The van der Waals surface area contributed by atoms with E-state index in [2.05, 4.69) is 16.0 Å². The summed E-state index contributed by atoms with van der Waals surface area (Å²) < 4.78 is 22.1. The summed E-state index contributed by atoms with van der Waals surface area (Å²) in [5.41, 5.74) is 5.52. The number of hydrogen-bond acceptors (Lipinski definition) is 7. The quantitative estimate of drug-likeness (QED) is 0.167. The summed E-state index contributed by atoms with van der Waals surface area (Å²) in [5.74, 6) is -1.10. The van der Waals surface area contributed by atoms with E-state index >= 15 is 4.39 Å². The minimum absolute atomic E-state index is 0.0684. The molecule has 2 aromatic heterocycles. The van der Waals surface area contributed by atoms with Crippen molar-refractivity contribution in [2.75, 3.05) is 20.7 Å². The van der Waals surface area contributed by atoms with Gasteiger partial charge in [-0.05, 0) is 74.9 Å². The molecule has 44 heavy (non-hydrogen) atoms. The number of benzene rings is 1. The number of carbonyl (C=O) groups excluding carboxylic acids is 3. The molecule has 0 saturated carbocycles. The molecule has 2 amide bonds. The highest BCUT2D eigenvalue weighted by Crippen LogP contribution is 2.45. The normalized spacial score (nSPS) is 16.3. The number of hydrogen-bond donors (Lipinski definition) is 3. The summed E-state index contributed by atoms with van der Waals surface area (Å²) in [6.07, 6.45) is 3.22. The van der Waals surface area contributed by atoms with E-state index in [4.69, 9.17) is 9.72 Å². The van der Waals surface area contributed by atoms with Crippen molar-refractivity contribution in [1.29, 1.82) is 0 Å². The molecule has 11 heteroatoms. The fourth-order valence-corrected chi connectivity index (χ4v) is 6.53. The number of fused-ring (bicyclic) bond motifs is 4. The number of carbonyl (C=O) groups is 3. The topological polar surface area (TPSA) is 131 Å². The summed E-state index contributed by atoms with van der Waals surface area (Å²) in [6, 6.07) is 2.60. The van der Waals surface area contributed by atoms with Crippen molar-refractivity contribution in [2.45, 2.75) is 84.0 Å². The zero-order chi connectivity index (χ0) is 31.7. The third kappa shape index (κ3) is 5.54. The molecule has 2 aliphatic rings. The van der Waals surface area contributed by atoms with Gasteiger partial charge in [0.25, 0.3) is 5.56 Å². The van der Waals surface area contributed by atoms with Gasteiger partial charge in [0.15, 0.2) is 0 Å². The molecule has 3 N–H and O–H groups in total. The van der Waals surface area contributed by atoms with Crippen LogP contribution in [-0.4, -0.2) is 54.4 Å². The average molecular weight is 606 g/mol. The maximum atomic E-state index is 15.1. The molecule has 0 radical (unpaired) electrons. The number of aryl methyl sites for hydroxylation is 1. The first-order valence-corrected chi connectivity index (χ1v) is 15.2. The van der Waals surface area contributed by atoms with Crippen molar-refractivity contribution in [3.8, 4) is 11.4 Å². The Morgan fingerprint density at radius 3 is 2.73 bits per heavy atom. The highest BCUT2D eigenvalue weighted by atomic mass is 19.1. The van der Waals surface area contributed by atoms with Crippen LogP contribution in [0.1, 0.15) is 84.9 Å². The van der Waals surface area contributed by atoms with E-state index in [0.29, 0.717) is 65.8 Å². The number of aromatic nitrogens is 2. The number of amides is 2. The Bertz CT molecular complexity index is 1700. The lowest BCUT2D eigenvalue weighted by Gasteiger charge is -2.30. The van der Waals surface area contributed by atoms with E-state index in [0.717, 1.165) is 28.4 Å². The van der Waals surface area contributed by atoms with E-state index in [9.17, 15) is 19.2 Å². The van der Waals surface area contributed by atoms with Gasteiger partial charge in [0.05, 0.1) is 42.1 Å². The molecule has 3 heterocycles. The SMILES string of the molecule is CCC(C=O)c1cc2n(c(=O)c1COC)Cc1c-2nc2cc(F)c(C)c3c2c1C(NC(=O)CCCNC(=O)[C@H](C)NC)CC3. The van der Waals surface area contributed by atoms with E-state index in [1.165, 1.54) is 13.2 Å². The van der Waals surface area contributed by atoms with Crippen LogP contribution in [0, 0.1) is 12.7 Å². The molecule has 1 aliphatic carbocycles. The number of nitrogens with one attached hydrogen (secondary N) is 3. The minimum Gasteiger partial charge on any atom is -0.380 e. The van der Waals surface area contributed by atoms with Crippen LogP contribution in [0.4, 0.5) is 4.39 Å². The Labute approximate surface area is 255 Å². The fourth-order valence-electron chi connectivity index (χ4n) is 6.53. The number of aldehydes is 1. The summed E-state index contributed by atoms with van der Waals surface area (Å²) >= 11 is 0. The van der Waals surface area contributed by atoms with Crippen LogP contribution in [0.2, 0.25) is 0 Å². The second kappa shape index (κ2) is 13.0. The van der Waals surface area contributed by atoms with Gasteiger partial charge in [-0.3, -0.25) is 14.4 Å². The van der Waals surface area contributed by atoms with Crippen LogP contribution in [-0.2, 0) is 38.7 Å². The smallest absolute Gasteiger partial charge is 0.257 e. The molecule has 234 valence electrons. The molecule has 3 atom stereocenters. The molecular formula is C33H40FN5O5. The van der Waals surface area contributed by atoms with Crippen LogP contribution in [0.5, 0.6) is 0 Å². The van der Waals surface area contributed by atoms with Gasteiger partial charge in [-0.2, -0.15) is 0 Å². The molecule has 5 rings (SSSR count). The summed E-state index contributed by atoms with van der Waals surface area (Å²) in [7, 11) is 3.22. The van der Waals surface area contributed by atoms with Gasteiger partial charge in [0.1, 0.15) is 12.1 Å². The molecule has 1 aliphatic heterocycles. The lowest BCUT2D eigenvalue weighted by Crippen LogP contribution is -2.41. The van der Waals surface area contributed by atoms with Gasteiger partial charge in [-0.25, -0.2) is 9.37 Å². The molecular weight excluding hydrogens is 565 g/mol. The highest BCUT2D eigenvalue weighted by molar-refractivity contribution is 5.93. The summed E-state index contributed by atoms with van der Waals surface area (Å²) in [6.45, 7) is 6.11. The maximum Gasteiger partial charge on any atom is 0.257 e. The van der Waals surface area contributed by atoms with Gasteiger partial charge in [0, 0.05) is 48.6 Å². The number of likely N-dealkylation sites (N-methyl/N-ethyl adjacent to an activating group) is 1. The third-order valence-corrected chi connectivity index (χ3v) is 9.10. The standard InChI is InChI=1S/C33H40FN5O5/c1-6-19(15-40)21-12-27-31-22(14-39(27)33(43)23(21)16-44-5)30-25(37-28(41)8-7-11-36-32(42)18(3)35-4)10-9-20-17(2)24(34)13-26(38-31)29(20)30/h12-13,15,18-19,25,35H,6-11,14,16H2,1-5H3,(H,36,42)(H,37,41)/t18-,19?,25?/m0/s1. The largest absolute Gasteiger partial charge is 0.380 e. The molecule has 0 bridgehead atoms. The molecule has 0 saturated heterocycles. The molecule has 10 nitrogen and oxygen atoms in total. The molecule has 0 spiro atoms. The first kappa shape index (κ1) is 31.5. The predicted molar refractivity (Wildman–Crippen MR) is 165 cm³/mol. The Kier molecular flexibility index (Phi) is 9.26. The van der Waals surface area contributed by atoms with Gasteiger partial charge in [0.2, 0.25) is 11.8 Å². The van der Waals surface area contributed by atoms with Crippen LogP contribution < -0.4 is 21.5 Å². The monoisotopic (exact) mass is 605 g/mol. The zero-order valence-electron chi connectivity index (χ0n) is 25.9. The van der Waals surface area contributed by atoms with Crippen LogP contribution in [0.15, 0.2) is 16.9 Å². The van der Waals surface area contributed by atoms with E-state index in [-0.39, 0.29) is 54.8 Å². The molecule has 2 unspecified atom stereocenters. The van der Waals surface area contributed by atoms with Gasteiger partial charge in [-0.1, -0.05) is 6.92 Å². The zero-order valence-corrected chi connectivity index (χ0v) is 25.9. The summed E-state index contributed by atoms with van der Waals surface area (Å²) in [4.78, 5) is 55.9. The molecule has 0 fully saturated rings. The van der Waals surface area contributed by atoms with E-state index < -0.39 is 5.92 Å². The van der Waals surface area contributed by atoms with Crippen LogP contribution >= 0.6 is 0 Å². The number of pyridine rings is 2. The Morgan fingerprint density at radius 1 is 1.27 bits per heavy atom. The maximum absolute atomic E-state index is 15.1. The number of halogens is 1. The second-order valence-corrected chi connectivity index (χ2v) is 11.7. The van der Waals surface area contributed by atoms with Crippen molar-refractivity contribution in [3.63, 3.8) is 0 Å². The van der Waals surface area contributed by atoms with Crippen LogP contribution in [0.25, 0.3) is 22.3 Å². The number of nitrogens with zero attached hydrogens (tertiary/aromatic N) is 2. The molecule has 1 aromatic carbocycles. The predicted octanol–water partition coefficient (Wildman–Crippen LogP) is 3.32. The lowest BCUT2D eigenvalue weighted by molar-refractivity contribution is -0.124. The average Bonchev–Trinajstić information content (AvgIpc) is 3.38. The first-order valence-electron chi connectivity index (χ1n) is 15.2. The lowest BCUT2D eigenvalue weighted by atomic mass is 9.81. The number of methoxy groups -OCH3 is 1. The van der Waals surface area contributed by atoms with Crippen molar-refractivity contribution < 1.29 is 23.5 Å². The minimum atomic E-state index is -0.480. The van der Waals surface area contributed by atoms with Crippen molar-refractivity contribution in [3.05, 3.63) is 61.7 Å². The highest BCUT2D eigenvalue weighted by Gasteiger charge is 2.35. The van der Waals surface area contributed by atoms with Crippen molar-refractivity contribution in [1.82, 2.24) is 25.5 Å². The Morgan fingerprint density at radius 2 is 2.05 bits per heavy atom. The van der Waals surface area contributed by atoms with Gasteiger partial charge < -0.3 is 30.0 Å². The summed E-state index contributed by atoms with van der Waals surface area (Å²) in [5, 5.41) is 9.72. The van der Waals surface area contributed by atoms with E-state index in [1.807, 2.05) is 13.0 Å². The Hall–Kier alpha value is -3.96. The van der Waals surface area contributed by atoms with Crippen molar-refractivity contribution >= 4 is 29.0 Å². The fraction of sp³-hybridized carbons (Fsp3) is 0.485. The number of ether oxygens (including phenoxy) is 1. The first-order chi connectivity index (χ1) is 21.1. The number of rotatable bonds is 12. The van der Waals surface area contributed by atoms with E-state index in [1.54, 1.807) is 25.5 Å². The third-order valence-electron chi connectivity index (χ3n) is 9.10. The molecule has 3 aromatic rings. The van der Waals surface area contributed by atoms with Crippen LogP contribution in [0.3, 0.4) is 0 Å². The van der Waals surface area contributed by atoms with Gasteiger partial charge in [-0.15, -0.1) is 0 Å². The second-order valence-electron chi connectivity index (χ2n) is 11.7. The van der Waals surface area contributed by atoms with Crippen molar-refractivity contribution in [2.24, 2.45) is 0 Å². The Balaban J connectivity index is 1.55.